The van der Waals surface area contributed by atoms with E-state index in [-0.39, 0.29) is 23.4 Å². The summed E-state index contributed by atoms with van der Waals surface area (Å²) >= 11 is 3.27. The molecule has 2 aliphatic rings. The monoisotopic (exact) mass is 476 g/mol. The molecular weight excluding hydrogens is 444 g/mol. The lowest BCUT2D eigenvalue weighted by molar-refractivity contribution is -0.133. The van der Waals surface area contributed by atoms with Gasteiger partial charge in [-0.1, -0.05) is 13.8 Å². The van der Waals surface area contributed by atoms with Crippen molar-refractivity contribution in [2.45, 2.75) is 70.6 Å². The van der Waals surface area contributed by atoms with Gasteiger partial charge in [0.2, 0.25) is 11.8 Å². The maximum Gasteiger partial charge on any atom is 0.259 e. The van der Waals surface area contributed by atoms with Crippen molar-refractivity contribution >= 4 is 45.1 Å². The molecule has 4 rings (SSSR count). The number of amides is 2. The van der Waals surface area contributed by atoms with Crippen molar-refractivity contribution in [3.8, 4) is 0 Å². The minimum absolute atomic E-state index is 0.0269. The Morgan fingerprint density at radius 1 is 1.28 bits per heavy atom. The zero-order valence-electron chi connectivity index (χ0n) is 18.9. The Kier molecular flexibility index (Phi) is 7.55. The van der Waals surface area contributed by atoms with Gasteiger partial charge in [-0.2, -0.15) is 11.8 Å². The molecule has 1 aliphatic carbocycles. The number of nitrogens with one attached hydrogen (secondary N) is 2. The minimum Gasteiger partial charge on any atom is -0.353 e. The first-order valence-corrected chi connectivity index (χ1v) is 13.6. The third-order valence-corrected chi connectivity index (χ3v) is 8.29. The van der Waals surface area contributed by atoms with Crippen LogP contribution in [0.25, 0.3) is 10.2 Å². The van der Waals surface area contributed by atoms with Gasteiger partial charge in [-0.15, -0.1) is 11.3 Å². The van der Waals surface area contributed by atoms with Gasteiger partial charge >= 0.3 is 0 Å². The van der Waals surface area contributed by atoms with Crippen LogP contribution in [0.5, 0.6) is 0 Å². The van der Waals surface area contributed by atoms with E-state index in [9.17, 15) is 14.4 Å². The van der Waals surface area contributed by atoms with E-state index < -0.39 is 0 Å². The van der Waals surface area contributed by atoms with Crippen molar-refractivity contribution in [2.24, 2.45) is 5.92 Å². The number of thioether (sulfide) groups is 1. The highest BCUT2D eigenvalue weighted by atomic mass is 32.2. The average Bonchev–Trinajstić information content (AvgIpc) is 3.32. The molecule has 2 aromatic heterocycles. The first-order chi connectivity index (χ1) is 15.4. The zero-order chi connectivity index (χ0) is 22.7. The van der Waals surface area contributed by atoms with Gasteiger partial charge in [0.25, 0.3) is 5.56 Å². The van der Waals surface area contributed by atoms with Crippen molar-refractivity contribution in [3.63, 3.8) is 0 Å². The van der Waals surface area contributed by atoms with Gasteiger partial charge in [-0.05, 0) is 43.6 Å². The number of nitrogens with zero attached hydrogens (tertiary/aromatic N) is 2. The summed E-state index contributed by atoms with van der Waals surface area (Å²) in [5, 5.41) is 3.90. The Morgan fingerprint density at radius 3 is 2.81 bits per heavy atom. The number of H-pyrrole nitrogens is 1. The number of hydrogen-bond donors (Lipinski definition) is 2. The van der Waals surface area contributed by atoms with E-state index in [4.69, 9.17) is 0 Å². The van der Waals surface area contributed by atoms with E-state index in [0.717, 1.165) is 55.4 Å². The predicted octanol–water partition coefficient (Wildman–Crippen LogP) is 3.25. The Labute approximate surface area is 196 Å². The fraction of sp³-hybridized carbons (Fsp3) is 0.652. The van der Waals surface area contributed by atoms with Gasteiger partial charge < -0.3 is 15.2 Å². The molecule has 0 spiro atoms. The predicted molar refractivity (Wildman–Crippen MR) is 130 cm³/mol. The van der Waals surface area contributed by atoms with Crippen molar-refractivity contribution in [1.29, 1.82) is 0 Å². The van der Waals surface area contributed by atoms with Crippen molar-refractivity contribution < 1.29 is 9.59 Å². The van der Waals surface area contributed by atoms with E-state index in [1.54, 1.807) is 23.1 Å². The summed E-state index contributed by atoms with van der Waals surface area (Å²) in [7, 11) is 0. The molecule has 0 atom stereocenters. The number of fused-ring (bicyclic) bond motifs is 3. The maximum absolute atomic E-state index is 12.5. The van der Waals surface area contributed by atoms with Crippen LogP contribution in [0.2, 0.25) is 0 Å². The molecule has 9 heteroatoms. The second-order valence-corrected chi connectivity index (χ2v) is 11.4. The summed E-state index contributed by atoms with van der Waals surface area (Å²) in [6, 6.07) is 0.150. The molecule has 0 bridgehead atoms. The number of carbonyl (C=O) groups is 2. The van der Waals surface area contributed by atoms with Crippen LogP contribution in [0, 0.1) is 5.92 Å². The molecule has 2 aromatic rings. The van der Waals surface area contributed by atoms with Crippen LogP contribution in [0.4, 0.5) is 0 Å². The van der Waals surface area contributed by atoms with Crippen molar-refractivity contribution in [3.05, 3.63) is 26.6 Å². The quantitative estimate of drug-likeness (QED) is 0.570. The molecule has 174 valence electrons. The Bertz CT molecular complexity index is 1040. The molecule has 0 saturated carbocycles. The third kappa shape index (κ3) is 5.54. The van der Waals surface area contributed by atoms with Crippen LogP contribution in [0.1, 0.15) is 62.2 Å². The fourth-order valence-electron chi connectivity index (χ4n) is 4.50. The summed E-state index contributed by atoms with van der Waals surface area (Å²) in [5.74, 6) is 2.61. The third-order valence-electron chi connectivity index (χ3n) is 6.13. The molecule has 2 N–H and O–H groups in total. The largest absolute Gasteiger partial charge is 0.353 e. The highest BCUT2D eigenvalue weighted by Crippen LogP contribution is 2.34. The second kappa shape index (κ2) is 10.4. The van der Waals surface area contributed by atoms with Crippen LogP contribution in [-0.2, 0) is 28.2 Å². The SMILES string of the molecule is CC(C)CC(=O)N1CCC(NC(=O)CCSCc2nc3sc4c(c3c(=O)[nH]2)CCC4)CC1. The normalized spacial score (nSPS) is 16.7. The number of thiophene rings is 1. The molecular formula is C23H32N4O3S2. The fourth-order valence-corrected chi connectivity index (χ4v) is 6.59. The maximum atomic E-state index is 12.5. The Hall–Kier alpha value is -1.87. The van der Waals surface area contributed by atoms with Crippen LogP contribution in [-0.4, -0.2) is 51.6 Å². The lowest BCUT2D eigenvalue weighted by Crippen LogP contribution is -2.46. The lowest BCUT2D eigenvalue weighted by Gasteiger charge is -2.32. The van der Waals surface area contributed by atoms with Crippen LogP contribution in [0.15, 0.2) is 4.79 Å². The minimum atomic E-state index is -0.0269. The van der Waals surface area contributed by atoms with Crippen LogP contribution < -0.4 is 10.9 Å². The number of carbonyl (C=O) groups excluding carboxylic acids is 2. The molecule has 1 saturated heterocycles. The van der Waals surface area contributed by atoms with Crippen LogP contribution in [0.3, 0.4) is 0 Å². The van der Waals surface area contributed by atoms with Crippen molar-refractivity contribution in [2.75, 3.05) is 18.8 Å². The number of hydrogen-bond acceptors (Lipinski definition) is 6. The standard InChI is InChI=1S/C23H32N4O3S2/c1-14(2)12-20(29)27-9-6-15(7-10-27)24-19(28)8-11-31-13-18-25-22(30)21-16-4-3-5-17(16)32-23(21)26-18/h14-15H,3-13H2,1-2H3,(H,24,28)(H,25,26,30). The summed E-state index contributed by atoms with van der Waals surface area (Å²) in [6.07, 6.45) is 5.84. The molecule has 1 aliphatic heterocycles. The lowest BCUT2D eigenvalue weighted by atomic mass is 10.0. The Balaban J connectivity index is 1.18. The number of piperidine rings is 1. The van der Waals surface area contributed by atoms with Gasteiger partial charge in [0.05, 0.1) is 11.1 Å². The Morgan fingerprint density at radius 2 is 2.06 bits per heavy atom. The summed E-state index contributed by atoms with van der Waals surface area (Å²) in [5.41, 5.74) is 1.17. The van der Waals surface area contributed by atoms with Gasteiger partial charge in [-0.3, -0.25) is 14.4 Å². The first kappa shape index (κ1) is 23.3. The van der Waals surface area contributed by atoms with Gasteiger partial charge in [0, 0.05) is 42.6 Å². The van der Waals surface area contributed by atoms with Gasteiger partial charge in [0.15, 0.2) is 0 Å². The number of likely N-dealkylation sites (tertiary alicyclic amines) is 1. The van der Waals surface area contributed by atoms with Crippen LogP contribution >= 0.6 is 23.1 Å². The van der Waals surface area contributed by atoms with E-state index in [1.165, 1.54) is 10.4 Å². The van der Waals surface area contributed by atoms with Gasteiger partial charge in [-0.25, -0.2) is 4.98 Å². The summed E-state index contributed by atoms with van der Waals surface area (Å²) < 4.78 is 0. The average molecular weight is 477 g/mol. The number of rotatable bonds is 8. The molecule has 0 aromatic carbocycles. The smallest absolute Gasteiger partial charge is 0.259 e. The zero-order valence-corrected chi connectivity index (χ0v) is 20.5. The molecule has 3 heterocycles. The number of aryl methyl sites for hydroxylation is 2. The number of aromatic nitrogens is 2. The molecule has 1 fully saturated rings. The molecule has 2 amide bonds. The highest BCUT2D eigenvalue weighted by Gasteiger charge is 2.24. The first-order valence-electron chi connectivity index (χ1n) is 11.6. The van der Waals surface area contributed by atoms with E-state index >= 15 is 0 Å². The second-order valence-electron chi connectivity index (χ2n) is 9.17. The molecule has 0 radical (unpaired) electrons. The van der Waals surface area contributed by atoms with Crippen molar-refractivity contribution in [1.82, 2.24) is 20.2 Å². The summed E-state index contributed by atoms with van der Waals surface area (Å²) in [4.78, 5) is 48.7. The topological polar surface area (TPSA) is 95.2 Å². The molecule has 0 unspecified atom stereocenters. The van der Waals surface area contributed by atoms with E-state index in [0.29, 0.717) is 36.1 Å². The number of aromatic amines is 1. The summed E-state index contributed by atoms with van der Waals surface area (Å²) in [6.45, 7) is 5.56. The van der Waals surface area contributed by atoms with Gasteiger partial charge in [0.1, 0.15) is 10.7 Å². The molecule has 7 nitrogen and oxygen atoms in total. The highest BCUT2D eigenvalue weighted by molar-refractivity contribution is 7.98. The van der Waals surface area contributed by atoms with E-state index in [2.05, 4.69) is 29.1 Å². The van der Waals surface area contributed by atoms with E-state index in [1.807, 2.05) is 4.90 Å². The molecule has 32 heavy (non-hydrogen) atoms.